The molecule has 3 rings (SSSR count). The van der Waals surface area contributed by atoms with E-state index >= 15 is 0 Å². The van der Waals surface area contributed by atoms with Gasteiger partial charge in [-0.25, -0.2) is 0 Å². The molecule has 0 spiro atoms. The molecule has 0 atom stereocenters. The molecule has 1 N–H and O–H groups in total. The van der Waals surface area contributed by atoms with Gasteiger partial charge in [-0.2, -0.15) is 0 Å². The number of amides is 3. The fraction of sp³-hybridized carbons (Fsp3) is 0.167. The number of hydrogen-bond acceptors (Lipinski definition) is 5. The molecule has 7 heteroatoms. The normalized spacial score (nSPS) is 15.9. The van der Waals surface area contributed by atoms with Crippen molar-refractivity contribution < 1.29 is 14.4 Å². The van der Waals surface area contributed by atoms with Crippen molar-refractivity contribution in [1.82, 2.24) is 4.90 Å². The molecule has 1 aliphatic rings. The Bertz CT molecular complexity index is 872. The Balaban J connectivity index is 1.69. The molecule has 0 radical (unpaired) electrons. The molecule has 5 nitrogen and oxygen atoms in total. The molecule has 3 amide bonds. The van der Waals surface area contributed by atoms with E-state index in [1.165, 1.54) is 11.3 Å². The standard InChI is InChI=1S/C18H16N2O3S2/c1-11-5-6-14(12(2)8-11)19-16(21)10-20-17(22)15(25-18(20)23)9-13-4-3-7-24-13/h3-9H,10H2,1-2H3,(H,19,21)/b15-9+. The van der Waals surface area contributed by atoms with E-state index in [0.717, 1.165) is 32.7 Å². The van der Waals surface area contributed by atoms with Gasteiger partial charge in [0.1, 0.15) is 6.54 Å². The number of anilines is 1. The fourth-order valence-corrected chi connectivity index (χ4v) is 3.99. The molecule has 0 saturated carbocycles. The minimum atomic E-state index is -0.431. The third-order valence-electron chi connectivity index (χ3n) is 3.65. The topological polar surface area (TPSA) is 66.5 Å². The van der Waals surface area contributed by atoms with Crippen LogP contribution in [0.5, 0.6) is 0 Å². The predicted molar refractivity (Wildman–Crippen MR) is 102 cm³/mol. The van der Waals surface area contributed by atoms with E-state index in [1.807, 2.05) is 49.6 Å². The van der Waals surface area contributed by atoms with E-state index in [4.69, 9.17) is 0 Å². The predicted octanol–water partition coefficient (Wildman–Crippen LogP) is 4.04. The Hall–Kier alpha value is -2.38. The van der Waals surface area contributed by atoms with Crippen molar-refractivity contribution in [3.63, 3.8) is 0 Å². The molecule has 128 valence electrons. The molecule has 2 aromatic rings. The molecule has 0 aliphatic carbocycles. The van der Waals surface area contributed by atoms with E-state index in [-0.39, 0.29) is 6.54 Å². The monoisotopic (exact) mass is 372 g/mol. The summed E-state index contributed by atoms with van der Waals surface area (Å²) in [5, 5.41) is 4.22. The Labute approximate surface area is 153 Å². The van der Waals surface area contributed by atoms with Crippen molar-refractivity contribution in [2.45, 2.75) is 13.8 Å². The van der Waals surface area contributed by atoms with Crippen LogP contribution in [0.4, 0.5) is 10.5 Å². The summed E-state index contributed by atoms with van der Waals surface area (Å²) in [6.07, 6.45) is 1.68. The van der Waals surface area contributed by atoms with Crippen LogP contribution in [-0.4, -0.2) is 28.5 Å². The lowest BCUT2D eigenvalue weighted by molar-refractivity contribution is -0.127. The van der Waals surface area contributed by atoms with Gasteiger partial charge in [-0.05, 0) is 54.8 Å². The number of aryl methyl sites for hydroxylation is 2. The lowest BCUT2D eigenvalue weighted by atomic mass is 10.1. The Kier molecular flexibility index (Phi) is 5.06. The molecule has 1 aromatic heterocycles. The molecule has 1 aromatic carbocycles. The summed E-state index contributed by atoms with van der Waals surface area (Å²) in [5.41, 5.74) is 2.71. The van der Waals surface area contributed by atoms with Crippen molar-refractivity contribution in [2.24, 2.45) is 0 Å². The van der Waals surface area contributed by atoms with Crippen LogP contribution in [0.15, 0.2) is 40.6 Å². The fourth-order valence-electron chi connectivity index (χ4n) is 2.43. The van der Waals surface area contributed by atoms with Crippen LogP contribution in [-0.2, 0) is 9.59 Å². The number of nitrogens with zero attached hydrogens (tertiary/aromatic N) is 1. The summed E-state index contributed by atoms with van der Waals surface area (Å²) in [5.74, 6) is -0.828. The van der Waals surface area contributed by atoms with Gasteiger partial charge in [0.15, 0.2) is 0 Å². The maximum absolute atomic E-state index is 12.4. The quantitative estimate of drug-likeness (QED) is 0.823. The number of thiophene rings is 1. The first-order chi connectivity index (χ1) is 11.9. The molecule has 2 heterocycles. The number of thioether (sulfide) groups is 1. The van der Waals surface area contributed by atoms with Crippen molar-refractivity contribution in [2.75, 3.05) is 11.9 Å². The summed E-state index contributed by atoms with van der Waals surface area (Å²) >= 11 is 2.34. The average molecular weight is 372 g/mol. The number of carbonyl (C=O) groups is 3. The third-order valence-corrected chi connectivity index (χ3v) is 5.37. The van der Waals surface area contributed by atoms with Gasteiger partial charge in [-0.3, -0.25) is 19.3 Å². The van der Waals surface area contributed by atoms with Crippen LogP contribution >= 0.6 is 23.1 Å². The molecular weight excluding hydrogens is 356 g/mol. The van der Waals surface area contributed by atoms with Crippen molar-refractivity contribution in [1.29, 1.82) is 0 Å². The van der Waals surface area contributed by atoms with E-state index in [1.54, 1.807) is 6.08 Å². The number of benzene rings is 1. The van der Waals surface area contributed by atoms with Gasteiger partial charge in [0, 0.05) is 10.6 Å². The Morgan fingerprint density at radius 2 is 2.04 bits per heavy atom. The van der Waals surface area contributed by atoms with E-state index in [9.17, 15) is 14.4 Å². The summed E-state index contributed by atoms with van der Waals surface area (Å²) in [6, 6.07) is 9.41. The Morgan fingerprint density at radius 3 is 2.72 bits per heavy atom. The van der Waals surface area contributed by atoms with Gasteiger partial charge >= 0.3 is 0 Å². The van der Waals surface area contributed by atoms with Crippen LogP contribution < -0.4 is 5.32 Å². The van der Waals surface area contributed by atoms with Crippen LogP contribution in [0, 0.1) is 13.8 Å². The zero-order chi connectivity index (χ0) is 18.0. The minimum absolute atomic E-state index is 0.292. The second-order valence-corrected chi connectivity index (χ2v) is 7.62. The number of carbonyl (C=O) groups excluding carboxylic acids is 3. The van der Waals surface area contributed by atoms with Gasteiger partial charge in [0.2, 0.25) is 5.91 Å². The molecule has 0 bridgehead atoms. The van der Waals surface area contributed by atoms with Gasteiger partial charge in [0.25, 0.3) is 11.1 Å². The maximum atomic E-state index is 12.4. The van der Waals surface area contributed by atoms with E-state index in [0.29, 0.717) is 10.6 Å². The summed E-state index contributed by atoms with van der Waals surface area (Å²) < 4.78 is 0. The third kappa shape index (κ3) is 4.00. The summed E-state index contributed by atoms with van der Waals surface area (Å²) in [4.78, 5) is 38.9. The number of imide groups is 1. The number of nitrogens with one attached hydrogen (secondary N) is 1. The van der Waals surface area contributed by atoms with E-state index in [2.05, 4.69) is 5.32 Å². The van der Waals surface area contributed by atoms with E-state index < -0.39 is 17.1 Å². The van der Waals surface area contributed by atoms with Gasteiger partial charge in [-0.1, -0.05) is 23.8 Å². The number of hydrogen-bond donors (Lipinski definition) is 1. The average Bonchev–Trinajstić information content (AvgIpc) is 3.15. The first kappa shape index (κ1) is 17.4. The van der Waals surface area contributed by atoms with Gasteiger partial charge in [0.05, 0.1) is 4.91 Å². The molecule has 0 unspecified atom stereocenters. The zero-order valence-electron chi connectivity index (χ0n) is 13.7. The van der Waals surface area contributed by atoms with Crippen LogP contribution in [0.1, 0.15) is 16.0 Å². The van der Waals surface area contributed by atoms with Crippen LogP contribution in [0.3, 0.4) is 0 Å². The van der Waals surface area contributed by atoms with Gasteiger partial charge in [-0.15, -0.1) is 11.3 Å². The lowest BCUT2D eigenvalue weighted by Crippen LogP contribution is -2.36. The second-order valence-electron chi connectivity index (χ2n) is 5.65. The van der Waals surface area contributed by atoms with Gasteiger partial charge < -0.3 is 5.32 Å². The minimum Gasteiger partial charge on any atom is -0.324 e. The SMILES string of the molecule is Cc1ccc(NC(=O)CN2C(=O)S/C(=C/c3cccs3)C2=O)c(C)c1. The Morgan fingerprint density at radius 1 is 1.24 bits per heavy atom. The lowest BCUT2D eigenvalue weighted by Gasteiger charge is -2.13. The summed E-state index contributed by atoms with van der Waals surface area (Å²) in [7, 11) is 0. The highest BCUT2D eigenvalue weighted by Gasteiger charge is 2.36. The summed E-state index contributed by atoms with van der Waals surface area (Å²) in [6.45, 7) is 3.57. The zero-order valence-corrected chi connectivity index (χ0v) is 15.4. The highest BCUT2D eigenvalue weighted by Crippen LogP contribution is 2.32. The molecule has 1 aliphatic heterocycles. The first-order valence-electron chi connectivity index (χ1n) is 7.60. The molecule has 1 saturated heterocycles. The molecule has 25 heavy (non-hydrogen) atoms. The highest BCUT2D eigenvalue weighted by atomic mass is 32.2. The van der Waals surface area contributed by atoms with Crippen molar-refractivity contribution in [3.05, 3.63) is 56.6 Å². The van der Waals surface area contributed by atoms with Crippen LogP contribution in [0.2, 0.25) is 0 Å². The molecular formula is C18H16N2O3S2. The first-order valence-corrected chi connectivity index (χ1v) is 9.29. The number of rotatable bonds is 4. The van der Waals surface area contributed by atoms with Crippen molar-refractivity contribution >= 4 is 51.9 Å². The second kappa shape index (κ2) is 7.25. The van der Waals surface area contributed by atoms with Crippen molar-refractivity contribution in [3.8, 4) is 0 Å². The largest absolute Gasteiger partial charge is 0.324 e. The maximum Gasteiger partial charge on any atom is 0.294 e. The highest BCUT2D eigenvalue weighted by molar-refractivity contribution is 8.18. The smallest absolute Gasteiger partial charge is 0.294 e. The van der Waals surface area contributed by atoms with Crippen LogP contribution in [0.25, 0.3) is 6.08 Å². The molecule has 1 fully saturated rings.